The highest BCUT2D eigenvalue weighted by atomic mass is 79.9. The van der Waals surface area contributed by atoms with Gasteiger partial charge in [0.05, 0.1) is 11.0 Å². The second-order valence-electron chi connectivity index (χ2n) is 1.86. The van der Waals surface area contributed by atoms with Crippen LogP contribution in [0.1, 0.15) is 10.6 Å². The van der Waals surface area contributed by atoms with Crippen molar-refractivity contribution in [1.29, 1.82) is 0 Å². The standard InChI is InChI=1S/C6H5Br2NO2/c7-3-1-5(4(10)2-9)11-6(3)8/h1H,2,9H2. The van der Waals surface area contributed by atoms with Crippen LogP contribution in [0.4, 0.5) is 0 Å². The van der Waals surface area contributed by atoms with Gasteiger partial charge in [0, 0.05) is 6.07 Å². The van der Waals surface area contributed by atoms with Crippen molar-refractivity contribution in [3.05, 3.63) is 21.0 Å². The summed E-state index contributed by atoms with van der Waals surface area (Å²) >= 11 is 6.29. The highest BCUT2D eigenvalue weighted by molar-refractivity contribution is 9.13. The SMILES string of the molecule is NCC(=O)c1cc(Br)c(Br)o1. The second kappa shape index (κ2) is 3.51. The van der Waals surface area contributed by atoms with Crippen molar-refractivity contribution in [3.63, 3.8) is 0 Å². The first-order chi connectivity index (χ1) is 5.15. The first-order valence-corrected chi connectivity index (χ1v) is 4.42. The third-order valence-electron chi connectivity index (χ3n) is 1.11. The summed E-state index contributed by atoms with van der Waals surface area (Å²) < 4.78 is 6.23. The molecule has 0 aliphatic carbocycles. The van der Waals surface area contributed by atoms with E-state index < -0.39 is 0 Å². The summed E-state index contributed by atoms with van der Waals surface area (Å²) in [5, 5.41) is 0. The van der Waals surface area contributed by atoms with Crippen LogP contribution in [0, 0.1) is 0 Å². The second-order valence-corrected chi connectivity index (χ2v) is 3.43. The zero-order valence-corrected chi connectivity index (χ0v) is 8.61. The van der Waals surface area contributed by atoms with E-state index in [-0.39, 0.29) is 18.1 Å². The molecule has 0 amide bonds. The molecule has 1 aromatic heterocycles. The molecule has 1 aromatic rings. The first kappa shape index (κ1) is 8.96. The summed E-state index contributed by atoms with van der Waals surface area (Å²) in [5.74, 6) is 0.0580. The molecule has 0 saturated heterocycles. The number of rotatable bonds is 2. The molecule has 0 aromatic carbocycles. The van der Waals surface area contributed by atoms with Crippen molar-refractivity contribution in [2.45, 2.75) is 0 Å². The molecule has 1 rings (SSSR count). The van der Waals surface area contributed by atoms with Gasteiger partial charge in [-0.15, -0.1) is 0 Å². The maximum absolute atomic E-state index is 10.9. The Labute approximate surface area is 80.2 Å². The number of furan rings is 1. The quantitative estimate of drug-likeness (QED) is 0.844. The molecule has 0 radical (unpaired) electrons. The van der Waals surface area contributed by atoms with Crippen molar-refractivity contribution < 1.29 is 9.21 Å². The van der Waals surface area contributed by atoms with E-state index in [1.807, 2.05) is 0 Å². The third-order valence-corrected chi connectivity index (χ3v) is 2.82. The van der Waals surface area contributed by atoms with Gasteiger partial charge in [-0.1, -0.05) is 0 Å². The van der Waals surface area contributed by atoms with E-state index in [2.05, 4.69) is 31.9 Å². The van der Waals surface area contributed by atoms with E-state index in [4.69, 9.17) is 10.2 Å². The van der Waals surface area contributed by atoms with Gasteiger partial charge in [-0.05, 0) is 31.9 Å². The molecule has 0 atom stereocenters. The number of Topliss-reactive ketones (excluding diaryl/α,β-unsaturated/α-hetero) is 1. The maximum atomic E-state index is 10.9. The van der Waals surface area contributed by atoms with Crippen LogP contribution in [0.2, 0.25) is 0 Å². The van der Waals surface area contributed by atoms with Crippen molar-refractivity contribution in [2.75, 3.05) is 6.54 Å². The van der Waals surface area contributed by atoms with E-state index >= 15 is 0 Å². The minimum atomic E-state index is -0.212. The molecule has 0 fully saturated rings. The zero-order chi connectivity index (χ0) is 8.43. The van der Waals surface area contributed by atoms with Crippen molar-refractivity contribution in [3.8, 4) is 0 Å². The van der Waals surface area contributed by atoms with Gasteiger partial charge in [-0.2, -0.15) is 0 Å². The van der Waals surface area contributed by atoms with Crippen LogP contribution >= 0.6 is 31.9 Å². The van der Waals surface area contributed by atoms with Crippen molar-refractivity contribution in [1.82, 2.24) is 0 Å². The van der Waals surface area contributed by atoms with Crippen LogP contribution < -0.4 is 5.73 Å². The number of halogens is 2. The molecule has 0 saturated carbocycles. The van der Waals surface area contributed by atoms with E-state index in [1.165, 1.54) is 0 Å². The summed E-state index contributed by atoms with van der Waals surface area (Å²) in [7, 11) is 0. The molecule has 60 valence electrons. The summed E-state index contributed by atoms with van der Waals surface area (Å²) in [6.07, 6.45) is 0. The lowest BCUT2D eigenvalue weighted by molar-refractivity contribution is 0.0974. The molecule has 0 unspecified atom stereocenters. The van der Waals surface area contributed by atoms with Crippen LogP contribution in [0.5, 0.6) is 0 Å². The number of hydrogen-bond donors (Lipinski definition) is 1. The Balaban J connectivity index is 2.97. The Morgan fingerprint density at radius 1 is 1.64 bits per heavy atom. The average Bonchev–Trinajstić information content (AvgIpc) is 2.31. The number of ketones is 1. The fourth-order valence-corrected chi connectivity index (χ4v) is 1.16. The van der Waals surface area contributed by atoms with E-state index in [9.17, 15) is 4.79 Å². The van der Waals surface area contributed by atoms with E-state index in [0.717, 1.165) is 0 Å². The van der Waals surface area contributed by atoms with Crippen LogP contribution in [0.25, 0.3) is 0 Å². The minimum absolute atomic E-state index is 0.0353. The fourth-order valence-electron chi connectivity index (χ4n) is 0.585. The number of hydrogen-bond acceptors (Lipinski definition) is 3. The molecule has 2 N–H and O–H groups in total. The largest absolute Gasteiger partial charge is 0.445 e. The average molecular weight is 283 g/mol. The van der Waals surface area contributed by atoms with Gasteiger partial charge in [-0.25, -0.2) is 0 Å². The Bertz CT molecular complexity index is 263. The molecule has 1 heterocycles. The van der Waals surface area contributed by atoms with Crippen molar-refractivity contribution >= 4 is 37.6 Å². The highest BCUT2D eigenvalue weighted by Crippen LogP contribution is 2.26. The van der Waals surface area contributed by atoms with Gasteiger partial charge in [0.1, 0.15) is 0 Å². The molecule has 0 aliphatic rings. The molecular formula is C6H5Br2NO2. The van der Waals surface area contributed by atoms with Gasteiger partial charge in [-0.3, -0.25) is 4.79 Å². The topological polar surface area (TPSA) is 56.2 Å². The normalized spacial score (nSPS) is 10.1. The summed E-state index contributed by atoms with van der Waals surface area (Å²) in [5.41, 5.74) is 5.12. The summed E-state index contributed by atoms with van der Waals surface area (Å²) in [4.78, 5) is 10.9. The molecule has 0 bridgehead atoms. The van der Waals surface area contributed by atoms with Gasteiger partial charge in [0.2, 0.25) is 5.78 Å². The lowest BCUT2D eigenvalue weighted by Gasteiger charge is -1.87. The maximum Gasteiger partial charge on any atom is 0.211 e. The molecule has 5 heteroatoms. The van der Waals surface area contributed by atoms with E-state index in [0.29, 0.717) is 9.14 Å². The van der Waals surface area contributed by atoms with Gasteiger partial charge >= 0.3 is 0 Å². The number of carbonyl (C=O) groups excluding carboxylic acids is 1. The number of nitrogens with two attached hydrogens (primary N) is 1. The number of carbonyl (C=O) groups is 1. The molecule has 3 nitrogen and oxygen atoms in total. The lowest BCUT2D eigenvalue weighted by atomic mass is 10.3. The molecular weight excluding hydrogens is 278 g/mol. The summed E-state index contributed by atoms with van der Waals surface area (Å²) in [6.45, 7) is -0.0353. The Kier molecular flexibility index (Phi) is 2.86. The van der Waals surface area contributed by atoms with Gasteiger partial charge < -0.3 is 10.2 Å². The van der Waals surface area contributed by atoms with Crippen LogP contribution in [-0.4, -0.2) is 12.3 Å². The molecule has 0 aliphatic heterocycles. The smallest absolute Gasteiger partial charge is 0.211 e. The van der Waals surface area contributed by atoms with Gasteiger partial charge in [0.25, 0.3) is 0 Å². The Hall–Kier alpha value is -0.130. The zero-order valence-electron chi connectivity index (χ0n) is 5.43. The predicted molar refractivity (Wildman–Crippen MR) is 47.5 cm³/mol. The summed E-state index contributed by atoms with van der Waals surface area (Å²) in [6, 6.07) is 1.58. The van der Waals surface area contributed by atoms with Crippen LogP contribution in [-0.2, 0) is 0 Å². The minimum Gasteiger partial charge on any atom is -0.445 e. The van der Waals surface area contributed by atoms with E-state index in [1.54, 1.807) is 6.07 Å². The van der Waals surface area contributed by atoms with Crippen LogP contribution in [0.15, 0.2) is 19.6 Å². The van der Waals surface area contributed by atoms with Crippen LogP contribution in [0.3, 0.4) is 0 Å². The first-order valence-electron chi connectivity index (χ1n) is 2.83. The van der Waals surface area contributed by atoms with Gasteiger partial charge in [0.15, 0.2) is 10.4 Å². The Morgan fingerprint density at radius 3 is 2.64 bits per heavy atom. The fraction of sp³-hybridized carbons (Fsp3) is 0.167. The molecule has 0 spiro atoms. The highest BCUT2D eigenvalue weighted by Gasteiger charge is 2.11. The predicted octanol–water partition coefficient (Wildman–Crippen LogP) is 1.95. The Morgan fingerprint density at radius 2 is 2.27 bits per heavy atom. The third kappa shape index (κ3) is 1.91. The lowest BCUT2D eigenvalue weighted by Crippen LogP contribution is -2.12. The van der Waals surface area contributed by atoms with Crippen molar-refractivity contribution in [2.24, 2.45) is 5.73 Å². The molecule has 11 heavy (non-hydrogen) atoms. The monoisotopic (exact) mass is 281 g/mol.